The molecule has 1 fully saturated rings. The third-order valence-corrected chi connectivity index (χ3v) is 4.04. The van der Waals surface area contributed by atoms with Crippen LogP contribution in [0.5, 0.6) is 0 Å². The SMILES string of the molecule is CCCCCCCC(N)CC1CCCCC1. The van der Waals surface area contributed by atoms with Crippen LogP contribution in [0.2, 0.25) is 0 Å². The Bertz CT molecular complexity index is 150. The first-order chi connectivity index (χ1) is 7.83. The largest absolute Gasteiger partial charge is 0.328 e. The van der Waals surface area contributed by atoms with Crippen LogP contribution in [-0.4, -0.2) is 6.04 Å². The predicted octanol–water partition coefficient (Wildman–Crippen LogP) is 4.64. The van der Waals surface area contributed by atoms with E-state index in [1.54, 1.807) is 0 Å². The number of nitrogens with two attached hydrogens (primary N) is 1. The molecule has 0 heterocycles. The fourth-order valence-corrected chi connectivity index (χ4v) is 2.98. The van der Waals surface area contributed by atoms with E-state index < -0.39 is 0 Å². The monoisotopic (exact) mass is 225 g/mol. The normalized spacial score (nSPS) is 19.9. The van der Waals surface area contributed by atoms with Gasteiger partial charge in [-0.3, -0.25) is 0 Å². The van der Waals surface area contributed by atoms with Crippen LogP contribution in [0.25, 0.3) is 0 Å². The number of rotatable bonds is 8. The van der Waals surface area contributed by atoms with Gasteiger partial charge in [-0.15, -0.1) is 0 Å². The lowest BCUT2D eigenvalue weighted by molar-refractivity contribution is 0.310. The van der Waals surface area contributed by atoms with Gasteiger partial charge in [-0.25, -0.2) is 0 Å². The molecule has 0 bridgehead atoms. The van der Waals surface area contributed by atoms with E-state index in [0.717, 1.165) is 5.92 Å². The summed E-state index contributed by atoms with van der Waals surface area (Å²) in [6.45, 7) is 2.27. The number of unbranched alkanes of at least 4 members (excludes halogenated alkanes) is 4. The van der Waals surface area contributed by atoms with Gasteiger partial charge in [-0.1, -0.05) is 71.1 Å². The molecule has 1 rings (SSSR count). The van der Waals surface area contributed by atoms with Crippen LogP contribution in [0.3, 0.4) is 0 Å². The first kappa shape index (κ1) is 14.0. The Morgan fingerprint density at radius 1 is 1.00 bits per heavy atom. The molecule has 0 saturated heterocycles. The Hall–Kier alpha value is -0.0400. The molecule has 0 aliphatic heterocycles. The third kappa shape index (κ3) is 6.52. The zero-order chi connectivity index (χ0) is 11.6. The molecule has 1 saturated carbocycles. The maximum atomic E-state index is 6.22. The third-order valence-electron chi connectivity index (χ3n) is 4.04. The van der Waals surface area contributed by atoms with Gasteiger partial charge in [0.2, 0.25) is 0 Å². The van der Waals surface area contributed by atoms with E-state index >= 15 is 0 Å². The van der Waals surface area contributed by atoms with E-state index in [0.29, 0.717) is 6.04 Å². The quantitative estimate of drug-likeness (QED) is 0.598. The Morgan fingerprint density at radius 3 is 2.38 bits per heavy atom. The molecule has 0 radical (unpaired) electrons. The average molecular weight is 225 g/mol. The predicted molar refractivity (Wildman–Crippen MR) is 72.5 cm³/mol. The Morgan fingerprint density at radius 2 is 1.69 bits per heavy atom. The highest BCUT2D eigenvalue weighted by molar-refractivity contribution is 4.72. The minimum absolute atomic E-state index is 0.490. The molecule has 1 aliphatic carbocycles. The first-order valence-electron chi connectivity index (χ1n) is 7.58. The standard InChI is InChI=1S/C15H31N/c1-2-3-4-5-9-12-15(16)13-14-10-7-6-8-11-14/h14-15H,2-13,16H2,1H3. The first-order valence-corrected chi connectivity index (χ1v) is 7.58. The topological polar surface area (TPSA) is 26.0 Å². The van der Waals surface area contributed by atoms with E-state index in [9.17, 15) is 0 Å². The summed E-state index contributed by atoms with van der Waals surface area (Å²) in [5.41, 5.74) is 6.22. The molecule has 0 aromatic rings. The molecule has 1 aliphatic rings. The van der Waals surface area contributed by atoms with Crippen molar-refractivity contribution in [3.63, 3.8) is 0 Å². The van der Waals surface area contributed by atoms with Crippen molar-refractivity contribution in [1.29, 1.82) is 0 Å². The van der Waals surface area contributed by atoms with Gasteiger partial charge in [-0.2, -0.15) is 0 Å². The fraction of sp³-hybridized carbons (Fsp3) is 1.00. The van der Waals surface area contributed by atoms with Crippen LogP contribution in [-0.2, 0) is 0 Å². The van der Waals surface area contributed by atoms with Crippen LogP contribution in [0.1, 0.15) is 84.0 Å². The van der Waals surface area contributed by atoms with Crippen molar-refractivity contribution in [3.05, 3.63) is 0 Å². The summed E-state index contributed by atoms with van der Waals surface area (Å²) >= 11 is 0. The lowest BCUT2D eigenvalue weighted by Gasteiger charge is -2.24. The van der Waals surface area contributed by atoms with Crippen LogP contribution >= 0.6 is 0 Å². The van der Waals surface area contributed by atoms with Gasteiger partial charge in [-0.05, 0) is 18.8 Å². The molecule has 16 heavy (non-hydrogen) atoms. The second-order valence-corrected chi connectivity index (χ2v) is 5.70. The van der Waals surface area contributed by atoms with Crippen LogP contribution in [0.4, 0.5) is 0 Å². The van der Waals surface area contributed by atoms with Gasteiger partial charge in [0, 0.05) is 6.04 Å². The van der Waals surface area contributed by atoms with Crippen LogP contribution in [0.15, 0.2) is 0 Å². The number of hydrogen-bond acceptors (Lipinski definition) is 1. The van der Waals surface area contributed by atoms with Crippen molar-refractivity contribution >= 4 is 0 Å². The second kappa shape index (κ2) is 9.04. The molecular weight excluding hydrogens is 194 g/mol. The molecule has 1 unspecified atom stereocenters. The summed E-state index contributed by atoms with van der Waals surface area (Å²) in [7, 11) is 0. The van der Waals surface area contributed by atoms with Crippen molar-refractivity contribution in [3.8, 4) is 0 Å². The van der Waals surface area contributed by atoms with Gasteiger partial charge in [0.15, 0.2) is 0 Å². The summed E-state index contributed by atoms with van der Waals surface area (Å²) in [4.78, 5) is 0. The molecule has 96 valence electrons. The van der Waals surface area contributed by atoms with E-state index in [-0.39, 0.29) is 0 Å². The smallest absolute Gasteiger partial charge is 0.00414 e. The summed E-state index contributed by atoms with van der Waals surface area (Å²) in [5, 5.41) is 0. The average Bonchev–Trinajstić information content (AvgIpc) is 2.30. The van der Waals surface area contributed by atoms with E-state index in [1.165, 1.54) is 77.0 Å². The fourth-order valence-electron chi connectivity index (χ4n) is 2.98. The molecule has 0 spiro atoms. The highest BCUT2D eigenvalue weighted by atomic mass is 14.6. The molecule has 1 nitrogen and oxygen atoms in total. The van der Waals surface area contributed by atoms with Crippen molar-refractivity contribution in [1.82, 2.24) is 0 Å². The Labute approximate surface area is 102 Å². The van der Waals surface area contributed by atoms with Crippen LogP contribution < -0.4 is 5.73 Å². The molecule has 2 N–H and O–H groups in total. The van der Waals surface area contributed by atoms with E-state index in [1.807, 2.05) is 0 Å². The van der Waals surface area contributed by atoms with Crippen molar-refractivity contribution < 1.29 is 0 Å². The maximum absolute atomic E-state index is 6.22. The van der Waals surface area contributed by atoms with Crippen molar-refractivity contribution in [2.24, 2.45) is 11.7 Å². The Kier molecular flexibility index (Phi) is 7.92. The molecule has 0 aromatic carbocycles. The summed E-state index contributed by atoms with van der Waals surface area (Å²) in [6, 6.07) is 0.490. The van der Waals surface area contributed by atoms with E-state index in [2.05, 4.69) is 6.92 Å². The van der Waals surface area contributed by atoms with Crippen LogP contribution in [0, 0.1) is 5.92 Å². The minimum Gasteiger partial charge on any atom is -0.328 e. The second-order valence-electron chi connectivity index (χ2n) is 5.70. The molecule has 1 atom stereocenters. The highest BCUT2D eigenvalue weighted by Crippen LogP contribution is 2.27. The van der Waals surface area contributed by atoms with E-state index in [4.69, 9.17) is 5.73 Å². The minimum atomic E-state index is 0.490. The highest BCUT2D eigenvalue weighted by Gasteiger charge is 2.16. The summed E-state index contributed by atoms with van der Waals surface area (Å²) in [6.07, 6.45) is 16.7. The lowest BCUT2D eigenvalue weighted by atomic mass is 9.84. The Balaban J connectivity index is 1.95. The zero-order valence-electron chi connectivity index (χ0n) is 11.2. The molecule has 0 aromatic heterocycles. The van der Waals surface area contributed by atoms with Crippen molar-refractivity contribution in [2.45, 2.75) is 90.0 Å². The molecule has 0 amide bonds. The summed E-state index contributed by atoms with van der Waals surface area (Å²) < 4.78 is 0. The maximum Gasteiger partial charge on any atom is 0.00414 e. The van der Waals surface area contributed by atoms with Gasteiger partial charge in [0.25, 0.3) is 0 Å². The molecular formula is C15H31N. The van der Waals surface area contributed by atoms with Gasteiger partial charge < -0.3 is 5.73 Å². The zero-order valence-corrected chi connectivity index (χ0v) is 11.2. The van der Waals surface area contributed by atoms with Gasteiger partial charge in [0.05, 0.1) is 0 Å². The van der Waals surface area contributed by atoms with Gasteiger partial charge >= 0.3 is 0 Å². The lowest BCUT2D eigenvalue weighted by Crippen LogP contribution is -2.24. The van der Waals surface area contributed by atoms with Gasteiger partial charge in [0.1, 0.15) is 0 Å². The molecule has 1 heteroatoms. The number of hydrogen-bond donors (Lipinski definition) is 1. The van der Waals surface area contributed by atoms with Crippen molar-refractivity contribution in [2.75, 3.05) is 0 Å². The summed E-state index contributed by atoms with van der Waals surface area (Å²) in [5.74, 6) is 0.958.